The summed E-state index contributed by atoms with van der Waals surface area (Å²) in [6.45, 7) is 1.03. The maximum absolute atomic E-state index is 13.2. The average Bonchev–Trinajstić information content (AvgIpc) is 2.70. The maximum atomic E-state index is 13.2. The van der Waals surface area contributed by atoms with Gasteiger partial charge in [0, 0.05) is 18.6 Å². The number of hydrogen-bond acceptors (Lipinski definition) is 4. The van der Waals surface area contributed by atoms with Crippen LogP contribution in [0.1, 0.15) is 12.5 Å². The highest BCUT2D eigenvalue weighted by Crippen LogP contribution is 2.21. The Balaban J connectivity index is 2.35. The van der Waals surface area contributed by atoms with Gasteiger partial charge in [0.05, 0.1) is 11.9 Å². The molecule has 0 saturated carbocycles. The summed E-state index contributed by atoms with van der Waals surface area (Å²) < 4.78 is 38.8. The molecule has 2 aromatic rings. The van der Waals surface area contributed by atoms with E-state index in [0.717, 1.165) is 10.6 Å². The number of amides is 2. The monoisotopic (exact) mass is 455 g/mol. The molecule has 30 heavy (non-hydrogen) atoms. The Morgan fingerprint density at radius 2 is 1.67 bits per heavy atom. The minimum Gasteiger partial charge on any atom is -0.357 e. The van der Waals surface area contributed by atoms with Gasteiger partial charge < -0.3 is 10.2 Å². The highest BCUT2D eigenvalue weighted by molar-refractivity contribution is 7.92. The van der Waals surface area contributed by atoms with E-state index in [0.29, 0.717) is 10.6 Å². The van der Waals surface area contributed by atoms with Gasteiger partial charge in [0.25, 0.3) is 0 Å². The molecule has 1 atom stereocenters. The van der Waals surface area contributed by atoms with E-state index in [2.05, 4.69) is 5.32 Å². The summed E-state index contributed by atoms with van der Waals surface area (Å²) in [5.74, 6) is -1.43. The number of sulfonamides is 1. The fraction of sp³-hybridized carbons (Fsp3) is 0.300. The Bertz CT molecular complexity index is 998. The van der Waals surface area contributed by atoms with Crippen LogP contribution in [0.4, 0.5) is 10.1 Å². The molecule has 0 heterocycles. The summed E-state index contributed by atoms with van der Waals surface area (Å²) >= 11 is 5.87. The summed E-state index contributed by atoms with van der Waals surface area (Å²) in [6, 6.07) is 10.6. The van der Waals surface area contributed by atoms with Gasteiger partial charge in [-0.3, -0.25) is 13.9 Å². The SMILES string of the molecule is CNC(=O)[C@@H](C)N(Cc1ccc(F)cc1)C(=O)CN(c1ccc(Cl)cc1)S(C)(=O)=O. The fourth-order valence-electron chi connectivity index (χ4n) is 2.80. The topological polar surface area (TPSA) is 86.8 Å². The number of nitrogens with one attached hydrogen (secondary N) is 1. The van der Waals surface area contributed by atoms with Crippen LogP contribution in [0.25, 0.3) is 0 Å². The second-order valence-electron chi connectivity index (χ2n) is 6.68. The number of benzene rings is 2. The zero-order chi connectivity index (χ0) is 22.5. The van der Waals surface area contributed by atoms with E-state index in [1.807, 2.05) is 0 Å². The number of rotatable bonds is 8. The molecule has 0 aromatic heterocycles. The smallest absolute Gasteiger partial charge is 0.244 e. The molecule has 0 fully saturated rings. The normalized spacial score (nSPS) is 12.2. The molecule has 1 N–H and O–H groups in total. The summed E-state index contributed by atoms with van der Waals surface area (Å²) in [5, 5.41) is 2.90. The van der Waals surface area contributed by atoms with E-state index in [4.69, 9.17) is 11.6 Å². The third-order valence-corrected chi connectivity index (χ3v) is 5.87. The lowest BCUT2D eigenvalue weighted by molar-refractivity contribution is -0.139. The van der Waals surface area contributed by atoms with E-state index >= 15 is 0 Å². The third kappa shape index (κ3) is 6.17. The van der Waals surface area contributed by atoms with Crippen molar-refractivity contribution in [2.24, 2.45) is 0 Å². The second kappa shape index (κ2) is 9.90. The Hall–Kier alpha value is -2.65. The van der Waals surface area contributed by atoms with Gasteiger partial charge in [-0.15, -0.1) is 0 Å². The van der Waals surface area contributed by atoms with Crippen LogP contribution in [-0.2, 0) is 26.2 Å². The lowest BCUT2D eigenvalue weighted by Crippen LogP contribution is -2.50. The highest BCUT2D eigenvalue weighted by atomic mass is 35.5. The van der Waals surface area contributed by atoms with Crippen molar-refractivity contribution in [2.45, 2.75) is 19.5 Å². The van der Waals surface area contributed by atoms with Crippen LogP contribution in [-0.4, -0.2) is 51.0 Å². The molecule has 2 rings (SSSR count). The minimum atomic E-state index is -3.80. The van der Waals surface area contributed by atoms with Crippen LogP contribution in [0.5, 0.6) is 0 Å². The molecule has 162 valence electrons. The first kappa shape index (κ1) is 23.6. The van der Waals surface area contributed by atoms with Crippen molar-refractivity contribution >= 4 is 39.1 Å². The first-order chi connectivity index (χ1) is 14.0. The third-order valence-electron chi connectivity index (χ3n) is 4.47. The Kier molecular flexibility index (Phi) is 7.80. The van der Waals surface area contributed by atoms with Crippen molar-refractivity contribution in [3.05, 3.63) is 64.9 Å². The molecule has 0 unspecified atom stereocenters. The van der Waals surface area contributed by atoms with Gasteiger partial charge in [-0.2, -0.15) is 0 Å². The van der Waals surface area contributed by atoms with Crippen molar-refractivity contribution in [1.29, 1.82) is 0 Å². The first-order valence-corrected chi connectivity index (χ1v) is 11.2. The van der Waals surface area contributed by atoms with Gasteiger partial charge in [-0.1, -0.05) is 23.7 Å². The van der Waals surface area contributed by atoms with E-state index in [-0.39, 0.29) is 12.2 Å². The first-order valence-electron chi connectivity index (χ1n) is 9.01. The number of carbonyl (C=O) groups excluding carboxylic acids is 2. The van der Waals surface area contributed by atoms with Crippen molar-refractivity contribution in [3.63, 3.8) is 0 Å². The van der Waals surface area contributed by atoms with Crippen LogP contribution in [0.3, 0.4) is 0 Å². The molecule has 7 nitrogen and oxygen atoms in total. The molecular weight excluding hydrogens is 433 g/mol. The summed E-state index contributed by atoms with van der Waals surface area (Å²) in [7, 11) is -2.36. The van der Waals surface area contributed by atoms with Crippen LogP contribution >= 0.6 is 11.6 Å². The molecule has 0 bridgehead atoms. The molecule has 0 aliphatic rings. The largest absolute Gasteiger partial charge is 0.357 e. The van der Waals surface area contributed by atoms with Gasteiger partial charge >= 0.3 is 0 Å². The highest BCUT2D eigenvalue weighted by Gasteiger charge is 2.29. The standard InChI is InChI=1S/C20H23ClFN3O4S/c1-14(20(27)23-2)24(12-15-4-8-17(22)9-5-15)19(26)13-25(30(3,28)29)18-10-6-16(21)7-11-18/h4-11,14H,12-13H2,1-3H3,(H,23,27)/t14-/m1/s1. The number of likely N-dealkylation sites (N-methyl/N-ethyl adjacent to an activating group) is 1. The Morgan fingerprint density at radius 1 is 1.10 bits per heavy atom. The van der Waals surface area contributed by atoms with Crippen LogP contribution < -0.4 is 9.62 Å². The van der Waals surface area contributed by atoms with Gasteiger partial charge in [0.2, 0.25) is 21.8 Å². The van der Waals surface area contributed by atoms with Gasteiger partial charge in [0.1, 0.15) is 18.4 Å². The number of halogens is 2. The maximum Gasteiger partial charge on any atom is 0.244 e. The molecule has 0 spiro atoms. The molecule has 2 amide bonds. The van der Waals surface area contributed by atoms with Crippen LogP contribution in [0, 0.1) is 5.82 Å². The van der Waals surface area contributed by atoms with Crippen molar-refractivity contribution in [3.8, 4) is 0 Å². The fourth-order valence-corrected chi connectivity index (χ4v) is 3.77. The van der Waals surface area contributed by atoms with Crippen LogP contribution in [0.2, 0.25) is 5.02 Å². The van der Waals surface area contributed by atoms with E-state index in [1.54, 1.807) is 0 Å². The molecule has 10 heteroatoms. The van der Waals surface area contributed by atoms with Crippen LogP contribution in [0.15, 0.2) is 48.5 Å². The predicted molar refractivity (Wildman–Crippen MR) is 114 cm³/mol. The molecule has 0 saturated heterocycles. The second-order valence-corrected chi connectivity index (χ2v) is 9.03. The summed E-state index contributed by atoms with van der Waals surface area (Å²) in [5.41, 5.74) is 0.863. The van der Waals surface area contributed by atoms with Gasteiger partial charge in [-0.05, 0) is 48.9 Å². The Labute approximate surface area is 180 Å². The van der Waals surface area contributed by atoms with E-state index in [1.165, 1.54) is 67.4 Å². The molecule has 0 radical (unpaired) electrons. The predicted octanol–water partition coefficient (Wildman–Crippen LogP) is 2.41. The van der Waals surface area contributed by atoms with Gasteiger partial charge in [-0.25, -0.2) is 12.8 Å². The minimum absolute atomic E-state index is 0.00587. The van der Waals surface area contributed by atoms with E-state index in [9.17, 15) is 22.4 Å². The zero-order valence-electron chi connectivity index (χ0n) is 16.8. The summed E-state index contributed by atoms with van der Waals surface area (Å²) in [6.07, 6.45) is 0.987. The number of anilines is 1. The number of hydrogen-bond donors (Lipinski definition) is 1. The average molecular weight is 456 g/mol. The van der Waals surface area contributed by atoms with Crippen molar-refractivity contribution in [1.82, 2.24) is 10.2 Å². The zero-order valence-corrected chi connectivity index (χ0v) is 18.4. The molecule has 0 aliphatic heterocycles. The quantitative estimate of drug-likeness (QED) is 0.662. The number of nitrogens with zero attached hydrogens (tertiary/aromatic N) is 2. The number of carbonyl (C=O) groups is 2. The molecule has 0 aliphatic carbocycles. The lowest BCUT2D eigenvalue weighted by atomic mass is 10.1. The lowest BCUT2D eigenvalue weighted by Gasteiger charge is -2.31. The van der Waals surface area contributed by atoms with E-state index < -0.39 is 40.2 Å². The summed E-state index contributed by atoms with van der Waals surface area (Å²) in [4.78, 5) is 26.5. The van der Waals surface area contributed by atoms with Crippen molar-refractivity contribution < 1.29 is 22.4 Å². The molecule has 2 aromatic carbocycles. The Morgan fingerprint density at radius 3 is 2.17 bits per heavy atom. The van der Waals surface area contributed by atoms with Gasteiger partial charge in [0.15, 0.2) is 0 Å². The van der Waals surface area contributed by atoms with Crippen molar-refractivity contribution in [2.75, 3.05) is 24.2 Å². The molecular formula is C20H23ClFN3O4S.